The first-order valence-corrected chi connectivity index (χ1v) is 8.45. The summed E-state index contributed by atoms with van der Waals surface area (Å²) in [6, 6.07) is 6.36. The standard InChI is InChI=1S/C17H21N7/c1-2-13-12-16(24-15(21-13)4-9-20-24)23-10-5-14(6-11-23)22-17-18-7-3-8-19-17/h3-4,7-9,12,14H,2,5-6,10-11H2,1H3,(H,18,19,22). The Balaban J connectivity index is 1.49. The van der Waals surface area contributed by atoms with Crippen LogP contribution >= 0.6 is 0 Å². The predicted molar refractivity (Wildman–Crippen MR) is 93.3 cm³/mol. The number of piperidine rings is 1. The van der Waals surface area contributed by atoms with Gasteiger partial charge in [-0.15, -0.1) is 0 Å². The van der Waals surface area contributed by atoms with Gasteiger partial charge in [0.2, 0.25) is 5.95 Å². The number of aromatic nitrogens is 5. The van der Waals surface area contributed by atoms with Gasteiger partial charge in [-0.1, -0.05) is 6.92 Å². The molecule has 0 aromatic carbocycles. The number of anilines is 2. The number of fused-ring (bicyclic) bond motifs is 1. The van der Waals surface area contributed by atoms with E-state index in [0.29, 0.717) is 12.0 Å². The lowest BCUT2D eigenvalue weighted by Crippen LogP contribution is -2.40. The van der Waals surface area contributed by atoms with Crippen LogP contribution in [0.5, 0.6) is 0 Å². The van der Waals surface area contributed by atoms with E-state index < -0.39 is 0 Å². The molecule has 7 heteroatoms. The first kappa shape index (κ1) is 14.9. The molecule has 3 aromatic heterocycles. The fourth-order valence-electron chi connectivity index (χ4n) is 3.16. The Labute approximate surface area is 140 Å². The Kier molecular flexibility index (Phi) is 3.98. The van der Waals surface area contributed by atoms with Crippen molar-refractivity contribution in [2.75, 3.05) is 23.3 Å². The second-order valence-corrected chi connectivity index (χ2v) is 6.04. The Morgan fingerprint density at radius 3 is 2.71 bits per heavy atom. The monoisotopic (exact) mass is 323 g/mol. The van der Waals surface area contributed by atoms with Gasteiger partial charge in [0.1, 0.15) is 5.82 Å². The molecule has 0 spiro atoms. The predicted octanol–water partition coefficient (Wildman–Crippen LogP) is 2.16. The highest BCUT2D eigenvalue weighted by Gasteiger charge is 2.22. The van der Waals surface area contributed by atoms with Gasteiger partial charge in [-0.2, -0.15) is 9.61 Å². The number of hydrogen-bond acceptors (Lipinski definition) is 6. The first-order chi connectivity index (χ1) is 11.8. The Morgan fingerprint density at radius 2 is 1.96 bits per heavy atom. The molecule has 1 aliphatic rings. The van der Waals surface area contributed by atoms with E-state index in [1.54, 1.807) is 12.4 Å². The van der Waals surface area contributed by atoms with Crippen LogP contribution in [0.1, 0.15) is 25.5 Å². The zero-order valence-electron chi connectivity index (χ0n) is 13.8. The van der Waals surface area contributed by atoms with Gasteiger partial charge in [0.05, 0.1) is 6.20 Å². The highest BCUT2D eigenvalue weighted by atomic mass is 15.3. The average molecular weight is 323 g/mol. The van der Waals surface area contributed by atoms with Crippen LogP contribution in [-0.4, -0.2) is 43.7 Å². The molecule has 3 aromatic rings. The normalized spacial score (nSPS) is 15.8. The zero-order valence-corrected chi connectivity index (χ0v) is 13.8. The van der Waals surface area contributed by atoms with Crippen molar-refractivity contribution in [3.63, 3.8) is 0 Å². The molecule has 1 aliphatic heterocycles. The molecule has 0 bridgehead atoms. The Hall–Kier alpha value is -2.70. The van der Waals surface area contributed by atoms with Crippen molar-refractivity contribution < 1.29 is 0 Å². The topological polar surface area (TPSA) is 71.2 Å². The maximum Gasteiger partial charge on any atom is 0.222 e. The van der Waals surface area contributed by atoms with E-state index in [1.165, 1.54) is 0 Å². The number of nitrogens with one attached hydrogen (secondary N) is 1. The van der Waals surface area contributed by atoms with E-state index in [2.05, 4.69) is 43.3 Å². The third kappa shape index (κ3) is 2.89. The number of rotatable bonds is 4. The minimum absolute atomic E-state index is 0.407. The molecule has 0 aliphatic carbocycles. The van der Waals surface area contributed by atoms with Crippen LogP contribution in [0.3, 0.4) is 0 Å². The average Bonchev–Trinajstić information content (AvgIpc) is 3.11. The molecular formula is C17H21N7. The van der Waals surface area contributed by atoms with Gasteiger partial charge in [0.25, 0.3) is 0 Å². The lowest BCUT2D eigenvalue weighted by Gasteiger charge is -2.34. The minimum Gasteiger partial charge on any atom is -0.356 e. The van der Waals surface area contributed by atoms with Gasteiger partial charge in [-0.25, -0.2) is 15.0 Å². The number of aryl methyl sites for hydroxylation is 1. The largest absolute Gasteiger partial charge is 0.356 e. The highest BCUT2D eigenvalue weighted by molar-refractivity contribution is 5.51. The van der Waals surface area contributed by atoms with Gasteiger partial charge in [0, 0.05) is 49.4 Å². The number of hydrogen-bond donors (Lipinski definition) is 1. The summed E-state index contributed by atoms with van der Waals surface area (Å²) in [4.78, 5) is 15.5. The smallest absolute Gasteiger partial charge is 0.222 e. The van der Waals surface area contributed by atoms with E-state index in [9.17, 15) is 0 Å². The third-order valence-electron chi connectivity index (χ3n) is 4.47. The van der Waals surface area contributed by atoms with Gasteiger partial charge in [-0.3, -0.25) is 0 Å². The van der Waals surface area contributed by atoms with Crippen LogP contribution in [0.4, 0.5) is 11.8 Å². The van der Waals surface area contributed by atoms with Gasteiger partial charge in [-0.05, 0) is 25.3 Å². The highest BCUT2D eigenvalue weighted by Crippen LogP contribution is 2.23. The van der Waals surface area contributed by atoms with Gasteiger partial charge in [0.15, 0.2) is 5.65 Å². The molecule has 124 valence electrons. The van der Waals surface area contributed by atoms with Crippen LogP contribution < -0.4 is 10.2 Å². The minimum atomic E-state index is 0.407. The van der Waals surface area contributed by atoms with Crippen LogP contribution in [0.15, 0.2) is 36.8 Å². The lowest BCUT2D eigenvalue weighted by molar-refractivity contribution is 0.517. The van der Waals surface area contributed by atoms with Crippen molar-refractivity contribution in [2.45, 2.75) is 32.2 Å². The van der Waals surface area contributed by atoms with Crippen molar-refractivity contribution in [2.24, 2.45) is 0 Å². The summed E-state index contributed by atoms with van der Waals surface area (Å²) in [7, 11) is 0. The van der Waals surface area contributed by atoms with E-state index in [1.807, 2.05) is 22.8 Å². The van der Waals surface area contributed by atoms with E-state index in [0.717, 1.165) is 49.5 Å². The van der Waals surface area contributed by atoms with Crippen LogP contribution in [-0.2, 0) is 6.42 Å². The fourth-order valence-corrected chi connectivity index (χ4v) is 3.16. The summed E-state index contributed by atoms with van der Waals surface area (Å²) in [6.45, 7) is 4.09. The maximum absolute atomic E-state index is 4.62. The van der Waals surface area contributed by atoms with Crippen LogP contribution in [0.25, 0.3) is 5.65 Å². The van der Waals surface area contributed by atoms with Crippen molar-refractivity contribution in [1.82, 2.24) is 24.6 Å². The molecule has 0 saturated carbocycles. The molecule has 24 heavy (non-hydrogen) atoms. The van der Waals surface area contributed by atoms with Crippen molar-refractivity contribution in [1.29, 1.82) is 0 Å². The molecule has 1 saturated heterocycles. The number of nitrogens with zero attached hydrogens (tertiary/aromatic N) is 6. The summed E-state index contributed by atoms with van der Waals surface area (Å²) in [5, 5.41) is 7.86. The second-order valence-electron chi connectivity index (χ2n) is 6.04. The molecule has 0 amide bonds. The molecule has 0 radical (unpaired) electrons. The van der Waals surface area contributed by atoms with E-state index >= 15 is 0 Å². The second kappa shape index (κ2) is 6.43. The SMILES string of the molecule is CCc1cc(N2CCC(Nc3ncccn3)CC2)n2nccc2n1. The quantitative estimate of drug-likeness (QED) is 0.793. The van der Waals surface area contributed by atoms with Crippen molar-refractivity contribution in [3.05, 3.63) is 42.5 Å². The summed E-state index contributed by atoms with van der Waals surface area (Å²) in [5.74, 6) is 1.85. The molecule has 1 fully saturated rings. The zero-order chi connectivity index (χ0) is 16.4. The Morgan fingerprint density at radius 1 is 1.17 bits per heavy atom. The van der Waals surface area contributed by atoms with Crippen molar-refractivity contribution in [3.8, 4) is 0 Å². The molecule has 4 rings (SSSR count). The third-order valence-corrected chi connectivity index (χ3v) is 4.47. The molecule has 0 unspecified atom stereocenters. The molecule has 0 atom stereocenters. The van der Waals surface area contributed by atoms with Crippen LogP contribution in [0, 0.1) is 0 Å². The van der Waals surface area contributed by atoms with Crippen molar-refractivity contribution >= 4 is 17.4 Å². The van der Waals surface area contributed by atoms with E-state index in [4.69, 9.17) is 0 Å². The summed E-state index contributed by atoms with van der Waals surface area (Å²) < 4.78 is 1.94. The summed E-state index contributed by atoms with van der Waals surface area (Å²) in [5.41, 5.74) is 2.03. The van der Waals surface area contributed by atoms with Crippen LogP contribution in [0.2, 0.25) is 0 Å². The summed E-state index contributed by atoms with van der Waals surface area (Å²) >= 11 is 0. The molecular weight excluding hydrogens is 302 g/mol. The molecule has 4 heterocycles. The van der Waals surface area contributed by atoms with E-state index in [-0.39, 0.29) is 0 Å². The lowest BCUT2D eigenvalue weighted by atomic mass is 10.1. The molecule has 7 nitrogen and oxygen atoms in total. The maximum atomic E-state index is 4.62. The molecule has 1 N–H and O–H groups in total. The van der Waals surface area contributed by atoms with Gasteiger partial charge < -0.3 is 10.2 Å². The van der Waals surface area contributed by atoms with Gasteiger partial charge >= 0.3 is 0 Å². The summed E-state index contributed by atoms with van der Waals surface area (Å²) in [6.07, 6.45) is 8.37. The fraction of sp³-hybridized carbons (Fsp3) is 0.412. The first-order valence-electron chi connectivity index (χ1n) is 8.45. The Bertz CT molecular complexity index is 806.